The highest BCUT2D eigenvalue weighted by molar-refractivity contribution is 5.96. The molecule has 2 atom stereocenters. The predicted octanol–water partition coefficient (Wildman–Crippen LogP) is 4.06. The van der Waals surface area contributed by atoms with E-state index in [1.807, 2.05) is 42.3 Å². The first-order chi connectivity index (χ1) is 18.0. The van der Waals surface area contributed by atoms with Gasteiger partial charge in [0.15, 0.2) is 0 Å². The van der Waals surface area contributed by atoms with Crippen molar-refractivity contribution in [2.24, 2.45) is 0 Å². The highest BCUT2D eigenvalue weighted by Gasteiger charge is 2.35. The number of fused-ring (bicyclic) bond motifs is 1. The number of hydrogen-bond acceptors (Lipinski definition) is 5. The molecule has 7 heteroatoms. The normalized spacial score (nSPS) is 19.5. The number of pyridine rings is 1. The SMILES string of the molecule is COc1cc2c(cc1CNC1CCCN(C(=O)Cc3ccncc3)C1c1ccccc1)N(C)C(=O)CC2. The number of aryl methyl sites for hydroxylation is 1. The van der Waals surface area contributed by atoms with Crippen LogP contribution in [0.4, 0.5) is 5.69 Å². The summed E-state index contributed by atoms with van der Waals surface area (Å²) in [6.07, 6.45) is 6.97. The van der Waals surface area contributed by atoms with E-state index >= 15 is 0 Å². The van der Waals surface area contributed by atoms with Gasteiger partial charge in [0.25, 0.3) is 0 Å². The average molecular weight is 499 g/mol. The molecule has 3 heterocycles. The van der Waals surface area contributed by atoms with Gasteiger partial charge in [0.2, 0.25) is 11.8 Å². The van der Waals surface area contributed by atoms with Crippen LogP contribution in [0.25, 0.3) is 0 Å². The van der Waals surface area contributed by atoms with Gasteiger partial charge in [0.05, 0.1) is 19.6 Å². The topological polar surface area (TPSA) is 74.8 Å². The molecule has 192 valence electrons. The Bertz CT molecular complexity index is 1250. The molecular weight excluding hydrogens is 464 g/mol. The molecule has 1 saturated heterocycles. The molecular formula is C30H34N4O3. The smallest absolute Gasteiger partial charge is 0.227 e. The van der Waals surface area contributed by atoms with Crippen molar-refractivity contribution in [2.75, 3.05) is 25.6 Å². The molecule has 37 heavy (non-hydrogen) atoms. The van der Waals surface area contributed by atoms with Crippen LogP contribution in [0.1, 0.15) is 47.6 Å². The zero-order valence-electron chi connectivity index (χ0n) is 21.5. The van der Waals surface area contributed by atoms with Gasteiger partial charge in [-0.05, 0) is 60.2 Å². The first-order valence-corrected chi connectivity index (χ1v) is 13.0. The zero-order valence-corrected chi connectivity index (χ0v) is 21.5. The lowest BCUT2D eigenvalue weighted by Crippen LogP contribution is -2.50. The summed E-state index contributed by atoms with van der Waals surface area (Å²) in [5.41, 5.74) is 5.20. The van der Waals surface area contributed by atoms with Gasteiger partial charge >= 0.3 is 0 Å². The molecule has 2 unspecified atom stereocenters. The molecule has 2 aliphatic rings. The molecule has 1 N–H and O–H groups in total. The number of nitrogens with zero attached hydrogens (tertiary/aromatic N) is 3. The second-order valence-electron chi connectivity index (χ2n) is 9.85. The molecule has 0 aliphatic carbocycles. The maximum absolute atomic E-state index is 13.5. The van der Waals surface area contributed by atoms with E-state index in [1.54, 1.807) is 24.4 Å². The minimum Gasteiger partial charge on any atom is -0.496 e. The van der Waals surface area contributed by atoms with E-state index in [9.17, 15) is 9.59 Å². The molecule has 0 saturated carbocycles. The van der Waals surface area contributed by atoms with Crippen LogP contribution in [0.2, 0.25) is 0 Å². The summed E-state index contributed by atoms with van der Waals surface area (Å²) in [6.45, 7) is 1.32. The summed E-state index contributed by atoms with van der Waals surface area (Å²) < 4.78 is 5.74. The lowest BCUT2D eigenvalue weighted by molar-refractivity contribution is -0.135. The monoisotopic (exact) mass is 498 g/mol. The fraction of sp³-hybridized carbons (Fsp3) is 0.367. The van der Waals surface area contributed by atoms with Crippen molar-refractivity contribution in [3.05, 3.63) is 89.2 Å². The summed E-state index contributed by atoms with van der Waals surface area (Å²) in [4.78, 5) is 33.7. The summed E-state index contributed by atoms with van der Waals surface area (Å²) in [5.74, 6) is 1.08. The number of nitrogens with one attached hydrogen (secondary N) is 1. The summed E-state index contributed by atoms with van der Waals surface area (Å²) in [7, 11) is 3.53. The molecule has 2 amide bonds. The predicted molar refractivity (Wildman–Crippen MR) is 143 cm³/mol. The van der Waals surface area contributed by atoms with Crippen LogP contribution in [0.3, 0.4) is 0 Å². The number of carbonyl (C=O) groups excluding carboxylic acids is 2. The van der Waals surface area contributed by atoms with E-state index in [0.29, 0.717) is 19.4 Å². The first kappa shape index (κ1) is 25.0. The van der Waals surface area contributed by atoms with Crippen LogP contribution < -0.4 is 15.0 Å². The molecule has 5 rings (SSSR count). The molecule has 1 fully saturated rings. The van der Waals surface area contributed by atoms with Gasteiger partial charge < -0.3 is 19.9 Å². The van der Waals surface area contributed by atoms with Gasteiger partial charge in [0, 0.05) is 56.2 Å². The Morgan fingerprint density at radius 1 is 1.11 bits per heavy atom. The fourth-order valence-electron chi connectivity index (χ4n) is 5.61. The lowest BCUT2D eigenvalue weighted by Gasteiger charge is -2.42. The van der Waals surface area contributed by atoms with Gasteiger partial charge in [-0.2, -0.15) is 0 Å². The average Bonchev–Trinajstić information content (AvgIpc) is 2.94. The van der Waals surface area contributed by atoms with Gasteiger partial charge in [-0.15, -0.1) is 0 Å². The highest BCUT2D eigenvalue weighted by atomic mass is 16.5. The van der Waals surface area contributed by atoms with Crippen LogP contribution >= 0.6 is 0 Å². The third-order valence-electron chi connectivity index (χ3n) is 7.58. The molecule has 2 aliphatic heterocycles. The molecule has 3 aromatic rings. The van der Waals surface area contributed by atoms with Crippen molar-refractivity contribution in [3.63, 3.8) is 0 Å². The number of amides is 2. The Morgan fingerprint density at radius 3 is 2.65 bits per heavy atom. The van der Waals surface area contributed by atoms with Crippen molar-refractivity contribution in [2.45, 2.75) is 50.7 Å². The number of likely N-dealkylation sites (tertiary alicyclic amines) is 1. The Hall–Kier alpha value is -3.71. The Morgan fingerprint density at radius 2 is 1.89 bits per heavy atom. The lowest BCUT2D eigenvalue weighted by atomic mass is 9.89. The second-order valence-corrected chi connectivity index (χ2v) is 9.85. The maximum atomic E-state index is 13.5. The van der Waals surface area contributed by atoms with Crippen LogP contribution in [0.5, 0.6) is 5.75 Å². The number of ether oxygens (including phenoxy) is 1. The van der Waals surface area contributed by atoms with E-state index in [-0.39, 0.29) is 23.9 Å². The number of anilines is 1. The van der Waals surface area contributed by atoms with Gasteiger partial charge in [-0.1, -0.05) is 30.3 Å². The van der Waals surface area contributed by atoms with Gasteiger partial charge in [-0.3, -0.25) is 14.6 Å². The fourth-order valence-corrected chi connectivity index (χ4v) is 5.61. The van der Waals surface area contributed by atoms with Crippen molar-refractivity contribution < 1.29 is 14.3 Å². The molecule has 0 bridgehead atoms. The number of methoxy groups -OCH3 is 1. The van der Waals surface area contributed by atoms with E-state index in [4.69, 9.17) is 4.74 Å². The minimum absolute atomic E-state index is 0.0721. The van der Waals surface area contributed by atoms with Crippen molar-refractivity contribution in [1.82, 2.24) is 15.2 Å². The number of aromatic nitrogens is 1. The van der Waals surface area contributed by atoms with Crippen molar-refractivity contribution in [1.29, 1.82) is 0 Å². The van der Waals surface area contributed by atoms with Crippen molar-refractivity contribution >= 4 is 17.5 Å². The standard InChI is InChI=1S/C30H34N4O3/c1-33-26-18-24(27(37-2)19-23(26)10-11-28(33)35)20-32-25-9-6-16-34(30(25)22-7-4-3-5-8-22)29(36)17-21-12-14-31-15-13-21/h3-5,7-8,12-15,18-19,25,30,32H,6,9-11,16-17,20H2,1-2H3. The summed E-state index contributed by atoms with van der Waals surface area (Å²) in [6, 6.07) is 18.2. The highest BCUT2D eigenvalue weighted by Crippen LogP contribution is 2.35. The molecule has 0 radical (unpaired) electrons. The third kappa shape index (κ3) is 5.37. The molecule has 0 spiro atoms. The number of carbonyl (C=O) groups is 2. The van der Waals surface area contributed by atoms with E-state index < -0.39 is 0 Å². The quantitative estimate of drug-likeness (QED) is 0.532. The summed E-state index contributed by atoms with van der Waals surface area (Å²) in [5, 5.41) is 3.76. The Kier molecular flexibility index (Phi) is 7.51. The molecule has 1 aromatic heterocycles. The molecule has 7 nitrogen and oxygen atoms in total. The van der Waals surface area contributed by atoms with E-state index in [2.05, 4.69) is 34.6 Å². The Balaban J connectivity index is 1.40. The van der Waals surface area contributed by atoms with Crippen molar-refractivity contribution in [3.8, 4) is 5.75 Å². The van der Waals surface area contributed by atoms with Crippen LogP contribution in [0, 0.1) is 0 Å². The minimum atomic E-state index is -0.0721. The van der Waals surface area contributed by atoms with E-state index in [0.717, 1.165) is 59.5 Å². The van der Waals surface area contributed by atoms with E-state index in [1.165, 1.54) is 0 Å². The Labute approximate surface area is 218 Å². The van der Waals surface area contributed by atoms with Gasteiger partial charge in [-0.25, -0.2) is 0 Å². The number of rotatable bonds is 7. The summed E-state index contributed by atoms with van der Waals surface area (Å²) >= 11 is 0. The largest absolute Gasteiger partial charge is 0.496 e. The molecule has 2 aromatic carbocycles. The van der Waals surface area contributed by atoms with Crippen LogP contribution in [-0.4, -0.2) is 48.4 Å². The maximum Gasteiger partial charge on any atom is 0.227 e. The number of hydrogen-bond donors (Lipinski definition) is 1. The third-order valence-corrected chi connectivity index (χ3v) is 7.58. The van der Waals surface area contributed by atoms with Gasteiger partial charge in [0.1, 0.15) is 5.75 Å². The first-order valence-electron chi connectivity index (χ1n) is 13.0. The van der Waals surface area contributed by atoms with Crippen LogP contribution in [-0.2, 0) is 29.0 Å². The number of piperidine rings is 1. The zero-order chi connectivity index (χ0) is 25.8. The number of benzene rings is 2. The second kappa shape index (κ2) is 11.1. The van der Waals surface area contributed by atoms with Crippen LogP contribution in [0.15, 0.2) is 67.0 Å².